The maximum absolute atomic E-state index is 12.7. The third-order valence-corrected chi connectivity index (χ3v) is 3.39. The van der Waals surface area contributed by atoms with Crippen molar-refractivity contribution in [2.45, 2.75) is 6.54 Å². The number of hydrogen-bond acceptors (Lipinski definition) is 5. The molecule has 0 unspecified atom stereocenters. The molecule has 0 heterocycles. The van der Waals surface area contributed by atoms with Crippen LogP contribution in [0.3, 0.4) is 0 Å². The lowest BCUT2D eigenvalue weighted by Gasteiger charge is -2.16. The number of para-hydroxylation sites is 2. The summed E-state index contributed by atoms with van der Waals surface area (Å²) in [4.78, 5) is 12.4. The van der Waals surface area contributed by atoms with Gasteiger partial charge in [0.2, 0.25) is 5.75 Å². The zero-order valence-electron chi connectivity index (χ0n) is 14.1. The van der Waals surface area contributed by atoms with Crippen LogP contribution in [-0.4, -0.2) is 23.9 Å². The van der Waals surface area contributed by atoms with E-state index in [9.17, 15) is 24.2 Å². The van der Waals surface area contributed by atoms with Gasteiger partial charge in [-0.1, -0.05) is 12.1 Å². The van der Waals surface area contributed by atoms with E-state index >= 15 is 0 Å². The minimum atomic E-state index is -1.93. The fourth-order valence-electron chi connectivity index (χ4n) is 2.35. The lowest BCUT2D eigenvalue weighted by molar-refractivity contribution is -0.385. The first-order valence-corrected chi connectivity index (χ1v) is 7.47. The van der Waals surface area contributed by atoms with Crippen molar-refractivity contribution >= 4 is 11.8 Å². The van der Waals surface area contributed by atoms with Gasteiger partial charge in [0.25, 0.3) is 6.08 Å². The Bertz CT molecular complexity index is 901. The van der Waals surface area contributed by atoms with Gasteiger partial charge in [-0.05, 0) is 37.9 Å². The topological polar surface area (TPSA) is 79.4 Å². The van der Waals surface area contributed by atoms with Crippen molar-refractivity contribution in [2.75, 3.05) is 14.1 Å². The maximum atomic E-state index is 12.7. The molecule has 0 saturated heterocycles. The maximum Gasteiger partial charge on any atom is 0.311 e. The van der Waals surface area contributed by atoms with E-state index < -0.39 is 11.0 Å². The van der Waals surface area contributed by atoms with Crippen LogP contribution in [0.2, 0.25) is 0 Å². The Hall–Kier alpha value is -3.31. The molecular weight excluding hydrogens is 344 g/mol. The summed E-state index contributed by atoms with van der Waals surface area (Å²) in [5.74, 6) is 0.197. The van der Waals surface area contributed by atoms with E-state index in [2.05, 4.69) is 0 Å². The molecule has 0 N–H and O–H groups in total. The molecule has 6 nitrogen and oxygen atoms in total. The normalized spacial score (nSPS) is 10.3. The van der Waals surface area contributed by atoms with E-state index in [1.165, 1.54) is 30.3 Å². The van der Waals surface area contributed by atoms with Gasteiger partial charge >= 0.3 is 5.69 Å². The third-order valence-electron chi connectivity index (χ3n) is 3.39. The highest BCUT2D eigenvalue weighted by molar-refractivity contribution is 5.63. The summed E-state index contributed by atoms with van der Waals surface area (Å²) in [6.07, 6.45) is -1.32. The number of nitrogens with zero attached hydrogens (tertiary/aromatic N) is 3. The van der Waals surface area contributed by atoms with Crippen LogP contribution in [-0.2, 0) is 6.54 Å². The van der Waals surface area contributed by atoms with Gasteiger partial charge in [0.1, 0.15) is 5.75 Å². The van der Waals surface area contributed by atoms with Crippen LogP contribution in [0.1, 0.15) is 16.7 Å². The van der Waals surface area contributed by atoms with E-state index in [0.717, 1.165) is 0 Å². The monoisotopic (exact) mass is 359 g/mol. The Morgan fingerprint density at radius 3 is 2.58 bits per heavy atom. The molecule has 0 fully saturated rings. The molecule has 0 atom stereocenters. The summed E-state index contributed by atoms with van der Waals surface area (Å²) in [5.41, 5.74) is 0.313. The zero-order valence-corrected chi connectivity index (χ0v) is 14.1. The molecule has 134 valence electrons. The van der Waals surface area contributed by atoms with Crippen LogP contribution in [0.15, 0.2) is 42.5 Å². The summed E-state index contributed by atoms with van der Waals surface area (Å²) in [7, 11) is 3.55. The van der Waals surface area contributed by atoms with Crippen molar-refractivity contribution in [3.8, 4) is 17.6 Å². The molecule has 0 aliphatic carbocycles. The van der Waals surface area contributed by atoms with Crippen LogP contribution in [0.25, 0.3) is 6.08 Å². The second-order valence-electron chi connectivity index (χ2n) is 5.66. The molecule has 2 aromatic carbocycles. The molecule has 0 radical (unpaired) electrons. The Morgan fingerprint density at radius 1 is 1.31 bits per heavy atom. The molecule has 0 aliphatic rings. The molecule has 2 rings (SSSR count). The van der Waals surface area contributed by atoms with Gasteiger partial charge in [0.15, 0.2) is 0 Å². The number of halogens is 2. The number of rotatable bonds is 6. The van der Waals surface area contributed by atoms with E-state index in [4.69, 9.17) is 4.74 Å². The van der Waals surface area contributed by atoms with Crippen molar-refractivity contribution in [1.82, 2.24) is 4.90 Å². The van der Waals surface area contributed by atoms with E-state index in [-0.39, 0.29) is 28.3 Å². The van der Waals surface area contributed by atoms with Crippen LogP contribution >= 0.6 is 0 Å². The summed E-state index contributed by atoms with van der Waals surface area (Å²) in [5, 5.41) is 20.4. The molecule has 0 aliphatic heterocycles. The second-order valence-corrected chi connectivity index (χ2v) is 5.66. The minimum absolute atomic E-state index is 0.00126. The molecule has 0 saturated carbocycles. The summed E-state index contributed by atoms with van der Waals surface area (Å²) >= 11 is 0. The smallest absolute Gasteiger partial charge is 0.311 e. The fourth-order valence-corrected chi connectivity index (χ4v) is 2.35. The van der Waals surface area contributed by atoms with Gasteiger partial charge in [-0.25, -0.2) is 0 Å². The Balaban J connectivity index is 2.58. The molecule has 0 aromatic heterocycles. The van der Waals surface area contributed by atoms with Gasteiger partial charge in [-0.2, -0.15) is 14.0 Å². The van der Waals surface area contributed by atoms with Crippen molar-refractivity contribution in [1.29, 1.82) is 5.26 Å². The Kier molecular flexibility index (Phi) is 5.98. The Labute approximate surface area is 148 Å². The lowest BCUT2D eigenvalue weighted by atomic mass is 10.0. The first-order chi connectivity index (χ1) is 12.3. The van der Waals surface area contributed by atoms with Gasteiger partial charge in [0.05, 0.1) is 16.6 Å². The van der Waals surface area contributed by atoms with E-state index in [1.807, 2.05) is 6.07 Å². The average Bonchev–Trinajstić information content (AvgIpc) is 2.56. The summed E-state index contributed by atoms with van der Waals surface area (Å²) in [6.45, 7) is 0.330. The van der Waals surface area contributed by atoms with Crippen LogP contribution in [0, 0.1) is 21.4 Å². The largest absolute Gasteiger partial charge is 0.450 e. The van der Waals surface area contributed by atoms with Crippen molar-refractivity contribution in [2.24, 2.45) is 0 Å². The van der Waals surface area contributed by atoms with Crippen molar-refractivity contribution < 1.29 is 18.4 Å². The predicted octanol–water partition coefficient (Wildman–Crippen LogP) is 4.56. The number of nitriles is 1. The molecule has 0 bridgehead atoms. The molecule has 0 amide bonds. The zero-order chi connectivity index (χ0) is 19.3. The minimum Gasteiger partial charge on any atom is -0.450 e. The molecule has 8 heteroatoms. The standard InChI is InChI=1S/C18H15F2N3O3/c1-22(2)11-14-7-12(9-18(19)20)13(10-21)8-17(14)26-16-6-4-3-5-15(16)23(24)25/h3-9H,11H2,1-2H3. The third kappa shape index (κ3) is 4.62. The van der Waals surface area contributed by atoms with Gasteiger partial charge in [0, 0.05) is 24.3 Å². The predicted molar refractivity (Wildman–Crippen MR) is 91.9 cm³/mol. The summed E-state index contributed by atoms with van der Waals surface area (Å²) in [6, 6.07) is 10.4. The molecule has 0 spiro atoms. The van der Waals surface area contributed by atoms with Crippen molar-refractivity contribution in [3.05, 3.63) is 69.3 Å². The summed E-state index contributed by atoms with van der Waals surface area (Å²) < 4.78 is 31.0. The lowest BCUT2D eigenvalue weighted by Crippen LogP contribution is -2.12. The molecule has 2 aromatic rings. The van der Waals surface area contributed by atoms with E-state index in [1.54, 1.807) is 25.1 Å². The highest BCUT2D eigenvalue weighted by atomic mass is 19.3. The second kappa shape index (κ2) is 8.18. The SMILES string of the molecule is CN(C)Cc1cc(C=C(F)F)c(C#N)cc1Oc1ccccc1[N+](=O)[O-]. The fraction of sp³-hybridized carbons (Fsp3) is 0.167. The number of benzene rings is 2. The quantitative estimate of drug-likeness (QED) is 0.558. The number of ether oxygens (including phenoxy) is 1. The van der Waals surface area contributed by atoms with Crippen LogP contribution in [0.5, 0.6) is 11.5 Å². The number of hydrogen-bond donors (Lipinski definition) is 0. The van der Waals surface area contributed by atoms with Crippen molar-refractivity contribution in [3.63, 3.8) is 0 Å². The molecule has 26 heavy (non-hydrogen) atoms. The van der Waals surface area contributed by atoms with Gasteiger partial charge in [-0.15, -0.1) is 0 Å². The first kappa shape index (κ1) is 19.0. The number of nitro groups is 1. The van der Waals surface area contributed by atoms with Gasteiger partial charge < -0.3 is 9.64 Å². The Morgan fingerprint density at radius 2 is 2.00 bits per heavy atom. The highest BCUT2D eigenvalue weighted by Crippen LogP contribution is 2.35. The van der Waals surface area contributed by atoms with E-state index in [0.29, 0.717) is 18.2 Å². The van der Waals surface area contributed by atoms with Crippen LogP contribution < -0.4 is 4.74 Å². The molecular formula is C18H15F2N3O3. The number of nitro benzene ring substituents is 1. The van der Waals surface area contributed by atoms with Gasteiger partial charge in [-0.3, -0.25) is 10.1 Å². The van der Waals surface area contributed by atoms with Crippen LogP contribution in [0.4, 0.5) is 14.5 Å². The average molecular weight is 359 g/mol. The first-order valence-electron chi connectivity index (χ1n) is 7.47. The highest BCUT2D eigenvalue weighted by Gasteiger charge is 2.18.